The quantitative estimate of drug-likeness (QED) is 0.601. The van der Waals surface area contributed by atoms with Crippen LogP contribution in [0.5, 0.6) is 0 Å². The maximum atomic E-state index is 2.33. The highest BCUT2D eigenvalue weighted by molar-refractivity contribution is 4.66. The molecule has 0 spiro atoms. The van der Waals surface area contributed by atoms with E-state index in [0.29, 0.717) is 0 Å². The largest absolute Gasteiger partial charge is 0.307 e. The summed E-state index contributed by atoms with van der Waals surface area (Å²) in [4.78, 5) is 2.33. The molecule has 0 radical (unpaired) electrons. The summed E-state index contributed by atoms with van der Waals surface area (Å²) in [5.41, 5.74) is 0. The van der Waals surface area contributed by atoms with E-state index in [4.69, 9.17) is 0 Å². The molecule has 2 atom stereocenters. The van der Waals surface area contributed by atoms with Gasteiger partial charge in [0.15, 0.2) is 0 Å². The molecule has 0 aromatic heterocycles. The molecule has 94 valence electrons. The Morgan fingerprint density at radius 2 is 1.60 bits per heavy atom. The van der Waals surface area contributed by atoms with Gasteiger partial charge in [0, 0.05) is 6.04 Å². The average Bonchev–Trinajstić information content (AvgIpc) is 2.26. The van der Waals surface area contributed by atoms with Gasteiger partial charge in [0.2, 0.25) is 0 Å². The Labute approximate surface area is 98.2 Å². The van der Waals surface area contributed by atoms with Gasteiger partial charge >= 0.3 is 0 Å². The van der Waals surface area contributed by atoms with Crippen LogP contribution in [0.2, 0.25) is 0 Å². The summed E-state index contributed by atoms with van der Waals surface area (Å²) >= 11 is 0. The minimum Gasteiger partial charge on any atom is -0.307 e. The number of hydrogen-bond acceptors (Lipinski definition) is 1. The SMILES string of the molecule is CC.CCCCC(CC)CC(C)N(C)C. The lowest BCUT2D eigenvalue weighted by molar-refractivity contribution is 0.249. The summed E-state index contributed by atoms with van der Waals surface area (Å²) in [6, 6.07) is 0.738. The second kappa shape index (κ2) is 12.0. The van der Waals surface area contributed by atoms with E-state index in [1.54, 1.807) is 0 Å². The molecule has 0 rings (SSSR count). The summed E-state index contributed by atoms with van der Waals surface area (Å²) in [5.74, 6) is 0.942. The van der Waals surface area contributed by atoms with Crippen LogP contribution in [0.1, 0.15) is 66.7 Å². The summed E-state index contributed by atoms with van der Waals surface area (Å²) < 4.78 is 0. The number of hydrogen-bond donors (Lipinski definition) is 0. The van der Waals surface area contributed by atoms with Gasteiger partial charge in [-0.15, -0.1) is 0 Å². The van der Waals surface area contributed by atoms with Gasteiger partial charge in [-0.3, -0.25) is 0 Å². The number of nitrogens with zero attached hydrogens (tertiary/aromatic N) is 1. The minimum atomic E-state index is 0.738. The molecular formula is C14H33N. The Morgan fingerprint density at radius 3 is 1.93 bits per heavy atom. The van der Waals surface area contributed by atoms with Crippen molar-refractivity contribution in [2.75, 3.05) is 14.1 Å². The third-order valence-corrected chi connectivity index (χ3v) is 3.10. The zero-order chi connectivity index (χ0) is 12.3. The first kappa shape index (κ1) is 17.4. The first-order chi connectivity index (χ1) is 7.11. The third-order valence-electron chi connectivity index (χ3n) is 3.10. The molecule has 15 heavy (non-hydrogen) atoms. The molecule has 0 aromatic rings. The molecule has 0 aliphatic heterocycles. The second-order valence-electron chi connectivity index (χ2n) is 4.46. The highest BCUT2D eigenvalue weighted by atomic mass is 15.1. The Hall–Kier alpha value is -0.0400. The average molecular weight is 215 g/mol. The van der Waals surface area contributed by atoms with Crippen LogP contribution in [-0.4, -0.2) is 25.0 Å². The predicted octanol–water partition coefficient (Wildman–Crippen LogP) is 4.57. The lowest BCUT2D eigenvalue weighted by Gasteiger charge is -2.24. The summed E-state index contributed by atoms with van der Waals surface area (Å²) in [6.45, 7) is 10.9. The van der Waals surface area contributed by atoms with Crippen molar-refractivity contribution in [3.05, 3.63) is 0 Å². The zero-order valence-electron chi connectivity index (χ0n) is 12.1. The smallest absolute Gasteiger partial charge is 0.00634 e. The molecule has 0 amide bonds. The van der Waals surface area contributed by atoms with Crippen LogP contribution in [0.15, 0.2) is 0 Å². The molecule has 2 unspecified atom stereocenters. The van der Waals surface area contributed by atoms with Crippen molar-refractivity contribution in [3.63, 3.8) is 0 Å². The van der Waals surface area contributed by atoms with E-state index in [9.17, 15) is 0 Å². The lowest BCUT2D eigenvalue weighted by atomic mass is 9.92. The normalized spacial score (nSPS) is 14.4. The Morgan fingerprint density at radius 1 is 1.07 bits per heavy atom. The van der Waals surface area contributed by atoms with E-state index in [-0.39, 0.29) is 0 Å². The van der Waals surface area contributed by atoms with Crippen molar-refractivity contribution in [2.45, 2.75) is 72.8 Å². The van der Waals surface area contributed by atoms with Crippen LogP contribution in [0.4, 0.5) is 0 Å². The fraction of sp³-hybridized carbons (Fsp3) is 1.00. The third kappa shape index (κ3) is 10.2. The van der Waals surface area contributed by atoms with Gasteiger partial charge < -0.3 is 4.90 Å². The molecular weight excluding hydrogens is 182 g/mol. The van der Waals surface area contributed by atoms with Gasteiger partial charge in [0.05, 0.1) is 0 Å². The first-order valence-corrected chi connectivity index (χ1v) is 6.78. The summed E-state index contributed by atoms with van der Waals surface area (Å²) in [7, 11) is 4.36. The molecule has 0 saturated carbocycles. The highest BCUT2D eigenvalue weighted by Gasteiger charge is 2.12. The van der Waals surface area contributed by atoms with Crippen molar-refractivity contribution in [2.24, 2.45) is 5.92 Å². The molecule has 0 aliphatic rings. The molecule has 0 N–H and O–H groups in total. The van der Waals surface area contributed by atoms with Crippen LogP contribution in [-0.2, 0) is 0 Å². The molecule has 0 bridgehead atoms. The topological polar surface area (TPSA) is 3.24 Å². The maximum absolute atomic E-state index is 2.33. The van der Waals surface area contributed by atoms with Gasteiger partial charge in [-0.2, -0.15) is 0 Å². The molecule has 1 heteroatoms. The molecule has 0 aromatic carbocycles. The van der Waals surface area contributed by atoms with Crippen LogP contribution in [0.25, 0.3) is 0 Å². The van der Waals surface area contributed by atoms with Crippen LogP contribution >= 0.6 is 0 Å². The van der Waals surface area contributed by atoms with Crippen molar-refractivity contribution in [1.82, 2.24) is 4.90 Å². The van der Waals surface area contributed by atoms with E-state index >= 15 is 0 Å². The van der Waals surface area contributed by atoms with Crippen LogP contribution in [0.3, 0.4) is 0 Å². The number of rotatable bonds is 7. The molecule has 0 aliphatic carbocycles. The predicted molar refractivity (Wildman–Crippen MR) is 72.4 cm³/mol. The fourth-order valence-electron chi connectivity index (χ4n) is 1.67. The highest BCUT2D eigenvalue weighted by Crippen LogP contribution is 2.19. The van der Waals surface area contributed by atoms with Crippen LogP contribution < -0.4 is 0 Å². The fourth-order valence-corrected chi connectivity index (χ4v) is 1.67. The van der Waals surface area contributed by atoms with Crippen molar-refractivity contribution < 1.29 is 0 Å². The standard InChI is InChI=1S/C12H27N.C2H6/c1-6-8-9-12(7-2)10-11(3)13(4)5;1-2/h11-12H,6-10H2,1-5H3;1-2H3. The monoisotopic (exact) mass is 215 g/mol. The van der Waals surface area contributed by atoms with E-state index < -0.39 is 0 Å². The van der Waals surface area contributed by atoms with E-state index in [2.05, 4.69) is 39.8 Å². The van der Waals surface area contributed by atoms with Gasteiger partial charge in [-0.05, 0) is 33.4 Å². The van der Waals surface area contributed by atoms with Gasteiger partial charge in [-0.1, -0.05) is 53.4 Å². The Bertz CT molecular complexity index is 110. The first-order valence-electron chi connectivity index (χ1n) is 6.78. The maximum Gasteiger partial charge on any atom is 0.00634 e. The van der Waals surface area contributed by atoms with Crippen molar-refractivity contribution in [3.8, 4) is 0 Å². The molecule has 0 heterocycles. The minimum absolute atomic E-state index is 0.738. The molecule has 0 fully saturated rings. The summed E-state index contributed by atoms with van der Waals surface area (Å²) in [6.07, 6.45) is 6.87. The van der Waals surface area contributed by atoms with Gasteiger partial charge in [-0.25, -0.2) is 0 Å². The van der Waals surface area contributed by atoms with Gasteiger partial charge in [0.25, 0.3) is 0 Å². The van der Waals surface area contributed by atoms with Crippen molar-refractivity contribution in [1.29, 1.82) is 0 Å². The summed E-state index contributed by atoms with van der Waals surface area (Å²) in [5, 5.41) is 0. The number of unbranched alkanes of at least 4 members (excludes halogenated alkanes) is 1. The van der Waals surface area contributed by atoms with Crippen LogP contribution in [0, 0.1) is 5.92 Å². The molecule has 1 nitrogen and oxygen atoms in total. The Kier molecular flexibility index (Phi) is 13.9. The van der Waals surface area contributed by atoms with E-state index in [1.807, 2.05) is 13.8 Å². The van der Waals surface area contributed by atoms with Crippen molar-refractivity contribution >= 4 is 0 Å². The Balaban J connectivity index is 0. The van der Waals surface area contributed by atoms with E-state index in [1.165, 1.54) is 32.1 Å². The van der Waals surface area contributed by atoms with Gasteiger partial charge in [0.1, 0.15) is 0 Å². The van der Waals surface area contributed by atoms with E-state index in [0.717, 1.165) is 12.0 Å². The second-order valence-corrected chi connectivity index (χ2v) is 4.46. The lowest BCUT2D eigenvalue weighted by Crippen LogP contribution is -2.27. The molecule has 0 saturated heterocycles. The zero-order valence-corrected chi connectivity index (χ0v) is 12.1.